The van der Waals surface area contributed by atoms with Gasteiger partial charge in [-0.25, -0.2) is 9.69 Å². The second-order valence-electron chi connectivity index (χ2n) is 8.85. The number of urea groups is 1. The number of rotatable bonds is 8. The summed E-state index contributed by atoms with van der Waals surface area (Å²) in [6.07, 6.45) is 1.31. The number of halogens is 2. The maximum atomic E-state index is 13.2. The van der Waals surface area contributed by atoms with Crippen LogP contribution in [-0.2, 0) is 14.4 Å². The third-order valence-corrected chi connectivity index (χ3v) is 6.64. The Morgan fingerprint density at radius 3 is 2.45 bits per heavy atom. The Morgan fingerprint density at radius 2 is 1.77 bits per heavy atom. The SMILES string of the molecule is CCOc1cc(/C=C2\C(=O)NC(=O)N(c3ccc(Br)cc3)C2=O)cc(Cl)c1OCC(=O)Nc1ccc(C)cc1C. The maximum absolute atomic E-state index is 13.2. The van der Waals surface area contributed by atoms with Gasteiger partial charge in [-0.2, -0.15) is 0 Å². The number of imide groups is 2. The van der Waals surface area contributed by atoms with E-state index in [1.54, 1.807) is 31.2 Å². The molecule has 0 aliphatic carbocycles. The summed E-state index contributed by atoms with van der Waals surface area (Å²) >= 11 is 9.80. The molecule has 1 heterocycles. The van der Waals surface area contributed by atoms with E-state index < -0.39 is 17.8 Å². The van der Waals surface area contributed by atoms with Crippen LogP contribution in [0, 0.1) is 13.8 Å². The van der Waals surface area contributed by atoms with E-state index in [1.165, 1.54) is 18.2 Å². The number of amides is 5. The van der Waals surface area contributed by atoms with Crippen LogP contribution < -0.4 is 25.0 Å². The lowest BCUT2D eigenvalue weighted by Gasteiger charge is -2.26. The number of aryl methyl sites for hydroxylation is 2. The monoisotopic (exact) mass is 625 g/mol. The molecule has 0 aromatic heterocycles. The molecule has 0 unspecified atom stereocenters. The molecule has 9 nitrogen and oxygen atoms in total. The topological polar surface area (TPSA) is 114 Å². The molecular weight excluding hydrogens is 602 g/mol. The van der Waals surface area contributed by atoms with Crippen molar-refractivity contribution in [1.29, 1.82) is 0 Å². The van der Waals surface area contributed by atoms with Gasteiger partial charge in [0.05, 0.1) is 17.3 Å². The molecule has 3 aromatic rings. The molecule has 0 bridgehead atoms. The van der Waals surface area contributed by atoms with Gasteiger partial charge in [0.15, 0.2) is 18.1 Å². The van der Waals surface area contributed by atoms with Gasteiger partial charge in [0.25, 0.3) is 17.7 Å². The fraction of sp³-hybridized carbons (Fsp3) is 0.172. The molecule has 1 saturated heterocycles. The van der Waals surface area contributed by atoms with Crippen LogP contribution in [0.25, 0.3) is 6.08 Å². The first-order valence-electron chi connectivity index (χ1n) is 12.2. The highest BCUT2D eigenvalue weighted by atomic mass is 79.9. The Balaban J connectivity index is 1.57. The lowest BCUT2D eigenvalue weighted by Crippen LogP contribution is -2.54. The van der Waals surface area contributed by atoms with Gasteiger partial charge in [-0.05, 0) is 80.4 Å². The second kappa shape index (κ2) is 12.4. The van der Waals surface area contributed by atoms with Gasteiger partial charge < -0.3 is 14.8 Å². The quantitative estimate of drug-likeness (QED) is 0.241. The van der Waals surface area contributed by atoms with Gasteiger partial charge >= 0.3 is 6.03 Å². The number of ether oxygens (including phenoxy) is 2. The van der Waals surface area contributed by atoms with Crippen molar-refractivity contribution >= 4 is 68.7 Å². The summed E-state index contributed by atoms with van der Waals surface area (Å²) < 4.78 is 12.1. The van der Waals surface area contributed by atoms with Crippen LogP contribution in [0.15, 0.2) is 64.6 Å². The van der Waals surface area contributed by atoms with Crippen molar-refractivity contribution < 1.29 is 28.7 Å². The van der Waals surface area contributed by atoms with Gasteiger partial charge in [-0.3, -0.25) is 19.7 Å². The molecular formula is C29H25BrClN3O6. The Kier molecular flexibility index (Phi) is 8.91. The Labute approximate surface area is 244 Å². The summed E-state index contributed by atoms with van der Waals surface area (Å²) in [6, 6.07) is 14.3. The van der Waals surface area contributed by atoms with Gasteiger partial charge in [0, 0.05) is 10.2 Å². The molecule has 1 fully saturated rings. The highest BCUT2D eigenvalue weighted by Gasteiger charge is 2.36. The third-order valence-electron chi connectivity index (χ3n) is 5.83. The van der Waals surface area contributed by atoms with Gasteiger partial charge in [0.1, 0.15) is 5.57 Å². The zero-order valence-corrected chi connectivity index (χ0v) is 24.2. The number of nitrogens with one attached hydrogen (secondary N) is 2. The van der Waals surface area contributed by atoms with Crippen molar-refractivity contribution in [3.63, 3.8) is 0 Å². The van der Waals surface area contributed by atoms with E-state index in [0.717, 1.165) is 20.5 Å². The van der Waals surface area contributed by atoms with Gasteiger partial charge in [-0.1, -0.05) is 45.2 Å². The first kappa shape index (κ1) is 28.8. The molecule has 4 rings (SSSR count). The summed E-state index contributed by atoms with van der Waals surface area (Å²) in [7, 11) is 0. The number of carbonyl (C=O) groups is 4. The number of benzene rings is 3. The van der Waals surface area contributed by atoms with Crippen molar-refractivity contribution in [3.8, 4) is 11.5 Å². The molecule has 0 radical (unpaired) electrons. The highest BCUT2D eigenvalue weighted by molar-refractivity contribution is 9.10. The standard InChI is InChI=1S/C29H25BrClN3O6/c1-4-39-24-14-18(12-21-27(36)33-29(38)34(28(21)37)20-8-6-19(30)7-9-20)13-22(31)26(24)40-15-25(35)32-23-10-5-16(2)11-17(23)3/h5-14H,4,15H2,1-3H3,(H,32,35)(H,33,36,38)/b21-12+. The van der Waals surface area contributed by atoms with E-state index in [2.05, 4.69) is 26.6 Å². The number of barbiturate groups is 1. The highest BCUT2D eigenvalue weighted by Crippen LogP contribution is 2.38. The van der Waals surface area contributed by atoms with Gasteiger partial charge in [0.2, 0.25) is 0 Å². The minimum atomic E-state index is -0.856. The van der Waals surface area contributed by atoms with Crippen LogP contribution in [0.2, 0.25) is 5.02 Å². The molecule has 5 amide bonds. The summed E-state index contributed by atoms with van der Waals surface area (Å²) in [5.74, 6) is -1.69. The fourth-order valence-corrected chi connectivity index (χ4v) is 4.54. The Morgan fingerprint density at radius 1 is 1.05 bits per heavy atom. The molecule has 206 valence electrons. The third kappa shape index (κ3) is 6.52. The van der Waals surface area contributed by atoms with E-state index >= 15 is 0 Å². The fourth-order valence-electron chi connectivity index (χ4n) is 4.00. The first-order chi connectivity index (χ1) is 19.1. The first-order valence-corrected chi connectivity index (χ1v) is 13.4. The normalized spacial score (nSPS) is 14.3. The molecule has 2 N–H and O–H groups in total. The molecule has 0 spiro atoms. The van der Waals surface area contributed by atoms with E-state index in [-0.39, 0.29) is 41.2 Å². The maximum Gasteiger partial charge on any atom is 0.335 e. The summed E-state index contributed by atoms with van der Waals surface area (Å²) in [5.41, 5.74) is 3.03. The van der Waals surface area contributed by atoms with Crippen molar-refractivity contribution in [2.24, 2.45) is 0 Å². The van der Waals surface area contributed by atoms with Crippen LogP contribution in [0.1, 0.15) is 23.6 Å². The van der Waals surface area contributed by atoms with Crippen LogP contribution >= 0.6 is 27.5 Å². The zero-order chi connectivity index (χ0) is 29.0. The second-order valence-corrected chi connectivity index (χ2v) is 10.2. The minimum absolute atomic E-state index is 0.0987. The lowest BCUT2D eigenvalue weighted by atomic mass is 10.1. The Hall–Kier alpha value is -4.15. The lowest BCUT2D eigenvalue weighted by molar-refractivity contribution is -0.122. The largest absolute Gasteiger partial charge is 0.490 e. The van der Waals surface area contributed by atoms with Crippen molar-refractivity contribution in [2.75, 3.05) is 23.4 Å². The molecule has 11 heteroatoms. The smallest absolute Gasteiger partial charge is 0.335 e. The van der Waals surface area contributed by atoms with Crippen LogP contribution in [-0.4, -0.2) is 37.0 Å². The van der Waals surface area contributed by atoms with E-state index in [0.29, 0.717) is 16.9 Å². The molecule has 40 heavy (non-hydrogen) atoms. The zero-order valence-electron chi connectivity index (χ0n) is 21.8. The number of carbonyl (C=O) groups excluding carboxylic acids is 4. The number of nitrogens with zero attached hydrogens (tertiary/aromatic N) is 1. The summed E-state index contributed by atoms with van der Waals surface area (Å²) in [6.45, 7) is 5.54. The predicted octanol–water partition coefficient (Wildman–Crippen LogP) is 5.80. The number of hydrogen-bond donors (Lipinski definition) is 2. The number of hydrogen-bond acceptors (Lipinski definition) is 6. The summed E-state index contributed by atoms with van der Waals surface area (Å²) in [4.78, 5) is 51.7. The van der Waals surface area contributed by atoms with Crippen molar-refractivity contribution in [1.82, 2.24) is 5.32 Å². The molecule has 0 atom stereocenters. The molecule has 0 saturated carbocycles. The molecule has 1 aliphatic rings. The van der Waals surface area contributed by atoms with Crippen molar-refractivity contribution in [3.05, 3.63) is 86.4 Å². The summed E-state index contributed by atoms with van der Waals surface area (Å²) in [5, 5.41) is 5.09. The van der Waals surface area contributed by atoms with Crippen LogP contribution in [0.5, 0.6) is 11.5 Å². The molecule has 1 aliphatic heterocycles. The molecule has 3 aromatic carbocycles. The Bertz CT molecular complexity index is 1540. The van der Waals surface area contributed by atoms with Crippen LogP contribution in [0.4, 0.5) is 16.2 Å². The minimum Gasteiger partial charge on any atom is -0.490 e. The van der Waals surface area contributed by atoms with E-state index in [4.69, 9.17) is 21.1 Å². The van der Waals surface area contributed by atoms with E-state index in [9.17, 15) is 19.2 Å². The van der Waals surface area contributed by atoms with Crippen LogP contribution in [0.3, 0.4) is 0 Å². The average molecular weight is 627 g/mol. The van der Waals surface area contributed by atoms with Crippen molar-refractivity contribution in [2.45, 2.75) is 20.8 Å². The van der Waals surface area contributed by atoms with Gasteiger partial charge in [-0.15, -0.1) is 0 Å². The van der Waals surface area contributed by atoms with E-state index in [1.807, 2.05) is 32.0 Å². The number of anilines is 2. The average Bonchev–Trinajstić information content (AvgIpc) is 2.89. The predicted molar refractivity (Wildman–Crippen MR) is 156 cm³/mol.